The topological polar surface area (TPSA) is 49.4 Å². The standard InChI is InChI=1S/C14H24N2O2S/c1-9(2)13-14(18)16(8-12(17)15-13)10-4-6-11(19-3)7-5-10/h9-11,13H,4-8H2,1-3H3,(H,15,17). The van der Waals surface area contributed by atoms with Gasteiger partial charge in [0.2, 0.25) is 11.8 Å². The van der Waals surface area contributed by atoms with Crippen LogP contribution in [0.1, 0.15) is 39.5 Å². The molecule has 1 saturated carbocycles. The van der Waals surface area contributed by atoms with Gasteiger partial charge in [-0.3, -0.25) is 9.59 Å². The van der Waals surface area contributed by atoms with E-state index >= 15 is 0 Å². The molecule has 1 atom stereocenters. The highest BCUT2D eigenvalue weighted by atomic mass is 32.2. The first-order chi connectivity index (χ1) is 9.02. The van der Waals surface area contributed by atoms with Crippen LogP contribution in [0.4, 0.5) is 0 Å². The largest absolute Gasteiger partial charge is 0.343 e. The summed E-state index contributed by atoms with van der Waals surface area (Å²) in [7, 11) is 0. The molecule has 0 radical (unpaired) electrons. The van der Waals surface area contributed by atoms with Crippen molar-refractivity contribution < 1.29 is 9.59 Å². The molecule has 1 aliphatic heterocycles. The third kappa shape index (κ3) is 3.25. The summed E-state index contributed by atoms with van der Waals surface area (Å²) in [6, 6.07) is -0.0669. The molecule has 2 rings (SSSR count). The lowest BCUT2D eigenvalue weighted by atomic mass is 9.91. The number of hydrogen-bond acceptors (Lipinski definition) is 3. The molecule has 0 aromatic rings. The van der Waals surface area contributed by atoms with E-state index in [2.05, 4.69) is 11.6 Å². The van der Waals surface area contributed by atoms with Crippen LogP contribution in [0.25, 0.3) is 0 Å². The molecule has 19 heavy (non-hydrogen) atoms. The maximum absolute atomic E-state index is 12.5. The second kappa shape index (κ2) is 6.16. The van der Waals surface area contributed by atoms with Gasteiger partial charge in [-0.15, -0.1) is 0 Å². The predicted octanol–water partition coefficient (Wildman–Crippen LogP) is 1.64. The minimum atomic E-state index is -0.334. The van der Waals surface area contributed by atoms with Gasteiger partial charge in [0, 0.05) is 11.3 Å². The Hall–Kier alpha value is -0.710. The van der Waals surface area contributed by atoms with E-state index in [1.165, 1.54) is 0 Å². The van der Waals surface area contributed by atoms with E-state index in [1.807, 2.05) is 30.5 Å². The minimum Gasteiger partial charge on any atom is -0.343 e. The van der Waals surface area contributed by atoms with E-state index in [9.17, 15) is 9.59 Å². The normalized spacial score (nSPS) is 32.6. The van der Waals surface area contributed by atoms with Crippen LogP contribution in [0.15, 0.2) is 0 Å². The zero-order valence-corrected chi connectivity index (χ0v) is 12.8. The van der Waals surface area contributed by atoms with E-state index < -0.39 is 0 Å². The Balaban J connectivity index is 2.02. The summed E-state index contributed by atoms with van der Waals surface area (Å²) in [6.45, 7) is 4.21. The molecule has 0 bridgehead atoms. The second-order valence-electron chi connectivity index (χ2n) is 5.92. The van der Waals surface area contributed by atoms with Crippen LogP contribution in [-0.4, -0.2) is 46.8 Å². The maximum Gasteiger partial charge on any atom is 0.246 e. The molecule has 4 nitrogen and oxygen atoms in total. The number of amides is 2. The highest BCUT2D eigenvalue weighted by Gasteiger charge is 2.38. The summed E-state index contributed by atoms with van der Waals surface area (Å²) in [5.41, 5.74) is 0. The van der Waals surface area contributed by atoms with Gasteiger partial charge in [0.1, 0.15) is 6.04 Å². The fourth-order valence-corrected chi connectivity index (χ4v) is 3.79. The summed E-state index contributed by atoms with van der Waals surface area (Å²) in [5.74, 6) is 0.259. The molecule has 0 aromatic heterocycles. The van der Waals surface area contributed by atoms with Crippen molar-refractivity contribution in [3.63, 3.8) is 0 Å². The Kier molecular flexibility index (Phi) is 4.76. The van der Waals surface area contributed by atoms with Gasteiger partial charge in [0.15, 0.2) is 0 Å². The summed E-state index contributed by atoms with van der Waals surface area (Å²) in [4.78, 5) is 26.1. The second-order valence-corrected chi connectivity index (χ2v) is 7.06. The lowest BCUT2D eigenvalue weighted by molar-refractivity contribution is -0.148. The lowest BCUT2D eigenvalue weighted by Crippen LogP contribution is -2.62. The molecule has 2 fully saturated rings. The summed E-state index contributed by atoms with van der Waals surface area (Å²) >= 11 is 1.92. The molecule has 2 amide bonds. The van der Waals surface area contributed by atoms with E-state index in [0.717, 1.165) is 30.9 Å². The molecule has 0 spiro atoms. The molecule has 1 N–H and O–H groups in total. The number of thioether (sulfide) groups is 1. The Bertz CT molecular complexity index is 351. The van der Waals surface area contributed by atoms with Gasteiger partial charge < -0.3 is 10.2 Å². The number of nitrogens with one attached hydrogen (secondary N) is 1. The number of carbonyl (C=O) groups is 2. The molecule has 108 valence electrons. The van der Waals surface area contributed by atoms with Gasteiger partial charge in [-0.1, -0.05) is 13.8 Å². The van der Waals surface area contributed by atoms with E-state index in [-0.39, 0.29) is 36.4 Å². The third-order valence-corrected chi connectivity index (χ3v) is 5.40. The highest BCUT2D eigenvalue weighted by Crippen LogP contribution is 2.30. The van der Waals surface area contributed by atoms with Crippen LogP contribution in [0, 0.1) is 5.92 Å². The average Bonchev–Trinajstić information content (AvgIpc) is 2.41. The molecule has 5 heteroatoms. The molecule has 0 aromatic carbocycles. The molecule has 1 heterocycles. The Morgan fingerprint density at radius 2 is 1.84 bits per heavy atom. The number of hydrogen-bond donors (Lipinski definition) is 1. The molecule has 2 aliphatic rings. The number of rotatable bonds is 3. The van der Waals surface area contributed by atoms with E-state index in [4.69, 9.17) is 0 Å². The molecule has 1 unspecified atom stereocenters. The first kappa shape index (κ1) is 14.7. The smallest absolute Gasteiger partial charge is 0.246 e. The number of piperazine rings is 1. The van der Waals surface area contributed by atoms with Gasteiger partial charge in [0.05, 0.1) is 6.54 Å². The van der Waals surface area contributed by atoms with Crippen molar-refractivity contribution in [1.82, 2.24) is 10.2 Å². The van der Waals surface area contributed by atoms with Crippen LogP contribution in [0.2, 0.25) is 0 Å². The first-order valence-corrected chi connectivity index (χ1v) is 8.44. The SMILES string of the molecule is CSC1CCC(N2CC(=O)NC(C(C)C)C2=O)CC1. The number of carbonyl (C=O) groups excluding carboxylic acids is 2. The summed E-state index contributed by atoms with van der Waals surface area (Å²) < 4.78 is 0. The van der Waals surface area contributed by atoms with Gasteiger partial charge in [-0.2, -0.15) is 11.8 Å². The fourth-order valence-electron chi connectivity index (χ4n) is 3.05. The van der Waals surface area contributed by atoms with Crippen LogP contribution >= 0.6 is 11.8 Å². The monoisotopic (exact) mass is 284 g/mol. The maximum atomic E-state index is 12.5. The highest BCUT2D eigenvalue weighted by molar-refractivity contribution is 7.99. The van der Waals surface area contributed by atoms with Gasteiger partial charge in [0.25, 0.3) is 0 Å². The average molecular weight is 284 g/mol. The van der Waals surface area contributed by atoms with Gasteiger partial charge >= 0.3 is 0 Å². The van der Waals surface area contributed by atoms with Crippen molar-refractivity contribution in [1.29, 1.82) is 0 Å². The predicted molar refractivity (Wildman–Crippen MR) is 78.0 cm³/mol. The molecular weight excluding hydrogens is 260 g/mol. The van der Waals surface area contributed by atoms with Crippen LogP contribution < -0.4 is 5.32 Å². The van der Waals surface area contributed by atoms with Crippen molar-refractivity contribution in [3.05, 3.63) is 0 Å². The lowest BCUT2D eigenvalue weighted by Gasteiger charge is -2.41. The van der Waals surface area contributed by atoms with E-state index in [0.29, 0.717) is 0 Å². The first-order valence-electron chi connectivity index (χ1n) is 7.15. The zero-order valence-electron chi connectivity index (χ0n) is 12.0. The van der Waals surface area contributed by atoms with E-state index in [1.54, 1.807) is 0 Å². The van der Waals surface area contributed by atoms with Gasteiger partial charge in [-0.25, -0.2) is 0 Å². The molecule has 1 saturated heterocycles. The van der Waals surface area contributed by atoms with Crippen LogP contribution in [0.3, 0.4) is 0 Å². The Labute approximate surface area is 119 Å². The third-order valence-electron chi connectivity index (χ3n) is 4.26. The molecular formula is C14H24N2O2S. The van der Waals surface area contributed by atoms with Crippen molar-refractivity contribution in [3.8, 4) is 0 Å². The fraction of sp³-hybridized carbons (Fsp3) is 0.857. The molecule has 1 aliphatic carbocycles. The van der Waals surface area contributed by atoms with Crippen LogP contribution in [0.5, 0.6) is 0 Å². The summed E-state index contributed by atoms with van der Waals surface area (Å²) in [6.07, 6.45) is 6.54. The Morgan fingerprint density at radius 1 is 1.21 bits per heavy atom. The zero-order chi connectivity index (χ0) is 14.0. The van der Waals surface area contributed by atoms with Crippen molar-refractivity contribution in [2.75, 3.05) is 12.8 Å². The van der Waals surface area contributed by atoms with Crippen molar-refractivity contribution in [2.45, 2.75) is 56.9 Å². The van der Waals surface area contributed by atoms with Crippen LogP contribution in [-0.2, 0) is 9.59 Å². The van der Waals surface area contributed by atoms with Crippen molar-refractivity contribution >= 4 is 23.6 Å². The number of nitrogens with zero attached hydrogens (tertiary/aromatic N) is 1. The minimum absolute atomic E-state index is 0.00899. The van der Waals surface area contributed by atoms with Gasteiger partial charge in [-0.05, 0) is 37.9 Å². The quantitative estimate of drug-likeness (QED) is 0.857. The Morgan fingerprint density at radius 3 is 2.37 bits per heavy atom. The summed E-state index contributed by atoms with van der Waals surface area (Å²) in [5, 5.41) is 3.55. The van der Waals surface area contributed by atoms with Crippen molar-refractivity contribution in [2.24, 2.45) is 5.92 Å².